The molecule has 134 valence electrons. The van der Waals surface area contributed by atoms with Crippen LogP contribution < -0.4 is 11.3 Å². The molecule has 0 radical (unpaired) electrons. The molecule has 0 bridgehead atoms. The maximum absolute atomic E-state index is 11.8. The zero-order valence-electron chi connectivity index (χ0n) is 14.1. The Morgan fingerprint density at radius 3 is 2.65 bits per heavy atom. The van der Waals surface area contributed by atoms with Gasteiger partial charge in [0.05, 0.1) is 12.0 Å². The number of hydrogen-bond donors (Lipinski definition) is 3. The van der Waals surface area contributed by atoms with Gasteiger partial charge in [-0.25, -0.2) is 10.6 Å². The molecule has 3 rings (SSSR count). The number of benzene rings is 2. The van der Waals surface area contributed by atoms with Gasteiger partial charge in [-0.05, 0) is 48.4 Å². The van der Waals surface area contributed by atoms with Crippen LogP contribution in [0.25, 0.3) is 10.9 Å². The number of nitrogens with one attached hydrogen (secondary N) is 1. The minimum absolute atomic E-state index is 0.0739. The van der Waals surface area contributed by atoms with Crippen molar-refractivity contribution in [3.63, 3.8) is 0 Å². The van der Waals surface area contributed by atoms with Crippen LogP contribution in [0.15, 0.2) is 42.5 Å². The summed E-state index contributed by atoms with van der Waals surface area (Å²) in [4.78, 5) is 23.2. The van der Waals surface area contributed by atoms with E-state index in [1.165, 1.54) is 0 Å². The number of nitrogens with two attached hydrogens (primary N) is 1. The average Bonchev–Trinajstić information content (AvgIpc) is 2.86. The van der Waals surface area contributed by atoms with Crippen LogP contribution in [0.2, 0.25) is 5.02 Å². The van der Waals surface area contributed by atoms with Gasteiger partial charge in [-0.3, -0.25) is 10.2 Å². The quantitative estimate of drug-likeness (QED) is 0.365. The Morgan fingerprint density at radius 1 is 1.23 bits per heavy atom. The summed E-state index contributed by atoms with van der Waals surface area (Å²) < 4.78 is 2.05. The highest BCUT2D eigenvalue weighted by Gasteiger charge is 2.18. The molecule has 0 aliphatic carbocycles. The molecule has 0 fully saturated rings. The average molecular weight is 372 g/mol. The van der Waals surface area contributed by atoms with Gasteiger partial charge in [0, 0.05) is 28.2 Å². The third-order valence-corrected chi connectivity index (χ3v) is 4.66. The van der Waals surface area contributed by atoms with Crippen LogP contribution in [0.4, 0.5) is 0 Å². The second kappa shape index (κ2) is 7.19. The minimum Gasteiger partial charge on any atom is -0.478 e. The molecule has 0 aliphatic rings. The summed E-state index contributed by atoms with van der Waals surface area (Å²) >= 11 is 6.08. The number of amides is 1. The lowest BCUT2D eigenvalue weighted by molar-refractivity contribution is -0.120. The zero-order chi connectivity index (χ0) is 18.8. The number of carbonyl (C=O) groups is 2. The topological polar surface area (TPSA) is 97.3 Å². The molecule has 0 saturated carbocycles. The van der Waals surface area contributed by atoms with E-state index < -0.39 is 5.97 Å². The Labute approximate surface area is 155 Å². The van der Waals surface area contributed by atoms with Gasteiger partial charge >= 0.3 is 5.97 Å². The third kappa shape index (κ3) is 3.42. The summed E-state index contributed by atoms with van der Waals surface area (Å²) in [7, 11) is 0. The summed E-state index contributed by atoms with van der Waals surface area (Å²) in [5.74, 6) is 3.87. The molecule has 6 nitrogen and oxygen atoms in total. The molecular formula is C19H18ClN3O3. The first-order chi connectivity index (χ1) is 12.4. The fraction of sp³-hybridized carbons (Fsp3) is 0.158. The Kier molecular flexibility index (Phi) is 4.97. The fourth-order valence-electron chi connectivity index (χ4n) is 3.14. The highest BCUT2D eigenvalue weighted by Crippen LogP contribution is 2.29. The van der Waals surface area contributed by atoms with Crippen LogP contribution in [-0.4, -0.2) is 21.6 Å². The van der Waals surface area contributed by atoms with E-state index in [9.17, 15) is 14.7 Å². The van der Waals surface area contributed by atoms with Crippen molar-refractivity contribution in [2.45, 2.75) is 19.9 Å². The van der Waals surface area contributed by atoms with Crippen LogP contribution in [0, 0.1) is 6.92 Å². The Morgan fingerprint density at radius 2 is 2.00 bits per heavy atom. The molecule has 0 atom stereocenters. The minimum atomic E-state index is -1.01. The SMILES string of the molecule is Cc1c(CC(=O)NN)c2cc(C(=O)O)ccc2n1Cc1cccc(Cl)c1. The maximum Gasteiger partial charge on any atom is 0.335 e. The lowest BCUT2D eigenvalue weighted by atomic mass is 10.1. The van der Waals surface area contributed by atoms with Crippen LogP contribution in [0.1, 0.15) is 27.2 Å². The number of fused-ring (bicyclic) bond motifs is 1. The van der Waals surface area contributed by atoms with Gasteiger partial charge in [0.1, 0.15) is 0 Å². The summed E-state index contributed by atoms with van der Waals surface area (Å²) in [6.45, 7) is 2.46. The van der Waals surface area contributed by atoms with Crippen molar-refractivity contribution in [3.05, 3.63) is 69.9 Å². The molecular weight excluding hydrogens is 354 g/mol. The monoisotopic (exact) mass is 371 g/mol. The predicted octanol–water partition coefficient (Wildman–Crippen LogP) is 2.88. The largest absolute Gasteiger partial charge is 0.478 e. The van der Waals surface area contributed by atoms with E-state index in [-0.39, 0.29) is 17.9 Å². The number of carboxylic acid groups (broad SMARTS) is 1. The van der Waals surface area contributed by atoms with E-state index >= 15 is 0 Å². The second-order valence-corrected chi connectivity index (χ2v) is 6.50. The van der Waals surface area contributed by atoms with Gasteiger partial charge in [-0.1, -0.05) is 23.7 Å². The van der Waals surface area contributed by atoms with E-state index in [1.807, 2.05) is 35.8 Å². The number of hydrazine groups is 1. The third-order valence-electron chi connectivity index (χ3n) is 4.43. The normalized spacial score (nSPS) is 10.9. The van der Waals surface area contributed by atoms with Crippen molar-refractivity contribution in [2.24, 2.45) is 5.84 Å². The Bertz CT molecular complexity index is 1010. The second-order valence-electron chi connectivity index (χ2n) is 6.06. The number of rotatable bonds is 5. The molecule has 1 aromatic heterocycles. The number of nitrogens with zero attached hydrogens (tertiary/aromatic N) is 1. The molecule has 26 heavy (non-hydrogen) atoms. The van der Waals surface area contributed by atoms with Gasteiger partial charge in [-0.15, -0.1) is 0 Å². The van der Waals surface area contributed by atoms with Crippen molar-refractivity contribution in [1.29, 1.82) is 0 Å². The first-order valence-corrected chi connectivity index (χ1v) is 8.37. The fourth-order valence-corrected chi connectivity index (χ4v) is 3.35. The summed E-state index contributed by atoms with van der Waals surface area (Å²) in [6.07, 6.45) is 0.0739. The highest BCUT2D eigenvalue weighted by atomic mass is 35.5. The summed E-state index contributed by atoms with van der Waals surface area (Å²) in [6, 6.07) is 12.5. The number of hydrogen-bond acceptors (Lipinski definition) is 3. The molecule has 4 N–H and O–H groups in total. The van der Waals surface area contributed by atoms with Crippen LogP contribution >= 0.6 is 11.6 Å². The van der Waals surface area contributed by atoms with Gasteiger partial charge < -0.3 is 9.67 Å². The Hall–Kier alpha value is -2.83. The van der Waals surface area contributed by atoms with Crippen molar-refractivity contribution in [1.82, 2.24) is 9.99 Å². The molecule has 7 heteroatoms. The van der Waals surface area contributed by atoms with Crippen molar-refractivity contribution in [2.75, 3.05) is 0 Å². The lowest BCUT2D eigenvalue weighted by Gasteiger charge is -2.09. The standard InChI is InChI=1S/C19H18ClN3O3/c1-11-15(9-18(24)22-21)16-8-13(19(25)26)5-6-17(16)23(11)10-12-3-2-4-14(20)7-12/h2-8H,9-10,21H2,1H3,(H,22,24)(H,25,26). The number of aromatic carboxylic acids is 1. The van der Waals surface area contributed by atoms with Crippen LogP contribution in [0.5, 0.6) is 0 Å². The summed E-state index contributed by atoms with van der Waals surface area (Å²) in [5.41, 5.74) is 5.80. The number of halogens is 1. The zero-order valence-corrected chi connectivity index (χ0v) is 14.9. The number of carbonyl (C=O) groups excluding carboxylic acids is 1. The maximum atomic E-state index is 11.8. The first kappa shape index (κ1) is 18.0. The molecule has 0 aliphatic heterocycles. The molecule has 1 heterocycles. The van der Waals surface area contributed by atoms with Gasteiger partial charge in [0.2, 0.25) is 5.91 Å². The molecule has 0 spiro atoms. The molecule has 3 aromatic rings. The van der Waals surface area contributed by atoms with Gasteiger partial charge in [0.15, 0.2) is 0 Å². The van der Waals surface area contributed by atoms with Gasteiger partial charge in [-0.2, -0.15) is 0 Å². The van der Waals surface area contributed by atoms with Crippen molar-refractivity contribution < 1.29 is 14.7 Å². The van der Waals surface area contributed by atoms with E-state index in [2.05, 4.69) is 5.43 Å². The highest BCUT2D eigenvalue weighted by molar-refractivity contribution is 6.30. The van der Waals surface area contributed by atoms with Crippen molar-refractivity contribution >= 4 is 34.4 Å². The van der Waals surface area contributed by atoms with E-state index in [0.29, 0.717) is 11.6 Å². The van der Waals surface area contributed by atoms with Crippen molar-refractivity contribution in [3.8, 4) is 0 Å². The smallest absolute Gasteiger partial charge is 0.335 e. The lowest BCUT2D eigenvalue weighted by Crippen LogP contribution is -2.31. The van der Waals surface area contributed by atoms with Crippen LogP contribution in [-0.2, 0) is 17.8 Å². The van der Waals surface area contributed by atoms with E-state index in [0.717, 1.165) is 27.7 Å². The predicted molar refractivity (Wildman–Crippen MR) is 100 cm³/mol. The molecule has 0 unspecified atom stereocenters. The van der Waals surface area contributed by atoms with E-state index in [4.69, 9.17) is 17.4 Å². The molecule has 0 saturated heterocycles. The van der Waals surface area contributed by atoms with E-state index in [1.54, 1.807) is 18.2 Å². The molecule has 2 aromatic carbocycles. The Balaban J connectivity index is 2.17. The van der Waals surface area contributed by atoms with Crippen LogP contribution in [0.3, 0.4) is 0 Å². The number of carboxylic acids is 1. The summed E-state index contributed by atoms with van der Waals surface area (Å²) in [5, 5.41) is 10.7. The first-order valence-electron chi connectivity index (χ1n) is 7.99. The molecule has 1 amide bonds. The number of aromatic nitrogens is 1. The van der Waals surface area contributed by atoms with Gasteiger partial charge in [0.25, 0.3) is 0 Å².